The van der Waals surface area contributed by atoms with E-state index in [-0.39, 0.29) is 12.6 Å². The average molecular weight is 315 g/mol. The van der Waals surface area contributed by atoms with E-state index in [1.165, 1.54) is 0 Å². The van der Waals surface area contributed by atoms with Gasteiger partial charge in [0.25, 0.3) is 0 Å². The van der Waals surface area contributed by atoms with Crippen LogP contribution in [0, 0.1) is 0 Å². The van der Waals surface area contributed by atoms with Crippen molar-refractivity contribution in [3.63, 3.8) is 0 Å². The third-order valence-electron chi connectivity index (χ3n) is 3.90. The highest BCUT2D eigenvalue weighted by molar-refractivity contribution is 5.71. The molecule has 124 valence electrons. The SMILES string of the molecule is COc1cc(CNC(C)CCO)c(-c2ccccc2)cc1OC. The Kier molecular flexibility index (Phi) is 6.44. The quantitative estimate of drug-likeness (QED) is 0.785. The van der Waals surface area contributed by atoms with E-state index in [4.69, 9.17) is 14.6 Å². The highest BCUT2D eigenvalue weighted by Crippen LogP contribution is 2.35. The van der Waals surface area contributed by atoms with Gasteiger partial charge in [0.2, 0.25) is 0 Å². The molecule has 0 aliphatic carbocycles. The van der Waals surface area contributed by atoms with Crippen LogP contribution in [-0.4, -0.2) is 32.0 Å². The maximum atomic E-state index is 9.04. The van der Waals surface area contributed by atoms with Crippen LogP contribution in [-0.2, 0) is 6.54 Å². The molecule has 4 nitrogen and oxygen atoms in total. The molecule has 0 saturated heterocycles. The molecule has 0 amide bonds. The Morgan fingerprint density at radius 2 is 1.70 bits per heavy atom. The van der Waals surface area contributed by atoms with Crippen molar-refractivity contribution in [1.29, 1.82) is 0 Å². The van der Waals surface area contributed by atoms with Crippen LogP contribution in [0.4, 0.5) is 0 Å². The molecule has 23 heavy (non-hydrogen) atoms. The van der Waals surface area contributed by atoms with Crippen LogP contribution in [0.15, 0.2) is 42.5 Å². The molecule has 0 aromatic heterocycles. The fourth-order valence-electron chi connectivity index (χ4n) is 2.53. The van der Waals surface area contributed by atoms with Crippen LogP contribution >= 0.6 is 0 Å². The highest BCUT2D eigenvalue weighted by atomic mass is 16.5. The zero-order valence-corrected chi connectivity index (χ0v) is 14.0. The molecule has 0 bridgehead atoms. The highest BCUT2D eigenvalue weighted by Gasteiger charge is 2.13. The second kappa shape index (κ2) is 8.56. The van der Waals surface area contributed by atoms with Crippen LogP contribution < -0.4 is 14.8 Å². The molecule has 0 saturated carbocycles. The monoisotopic (exact) mass is 315 g/mol. The normalized spacial score (nSPS) is 12.0. The number of hydrogen-bond donors (Lipinski definition) is 2. The van der Waals surface area contributed by atoms with Gasteiger partial charge < -0.3 is 19.9 Å². The summed E-state index contributed by atoms with van der Waals surface area (Å²) in [7, 11) is 3.29. The molecule has 0 heterocycles. The van der Waals surface area contributed by atoms with Gasteiger partial charge in [-0.25, -0.2) is 0 Å². The minimum Gasteiger partial charge on any atom is -0.493 e. The maximum absolute atomic E-state index is 9.04. The zero-order chi connectivity index (χ0) is 16.7. The summed E-state index contributed by atoms with van der Waals surface area (Å²) in [6.45, 7) is 2.95. The van der Waals surface area contributed by atoms with E-state index in [1.807, 2.05) is 30.3 Å². The number of benzene rings is 2. The molecule has 0 aliphatic heterocycles. The first kappa shape index (κ1) is 17.3. The van der Waals surface area contributed by atoms with Crippen LogP contribution in [0.2, 0.25) is 0 Å². The van der Waals surface area contributed by atoms with Crippen LogP contribution in [0.1, 0.15) is 18.9 Å². The lowest BCUT2D eigenvalue weighted by Crippen LogP contribution is -2.26. The minimum atomic E-state index is 0.186. The van der Waals surface area contributed by atoms with E-state index in [0.717, 1.165) is 34.6 Å². The Hall–Kier alpha value is -2.04. The van der Waals surface area contributed by atoms with Gasteiger partial charge in [-0.3, -0.25) is 0 Å². The summed E-state index contributed by atoms with van der Waals surface area (Å²) in [5.74, 6) is 1.44. The third-order valence-corrected chi connectivity index (χ3v) is 3.90. The number of aliphatic hydroxyl groups is 1. The Morgan fingerprint density at radius 3 is 2.30 bits per heavy atom. The summed E-state index contributed by atoms with van der Waals surface area (Å²) in [6, 6.07) is 14.5. The van der Waals surface area contributed by atoms with Crippen molar-refractivity contribution in [1.82, 2.24) is 5.32 Å². The number of hydrogen-bond acceptors (Lipinski definition) is 4. The van der Waals surface area contributed by atoms with Crippen molar-refractivity contribution in [2.24, 2.45) is 0 Å². The van der Waals surface area contributed by atoms with Crippen molar-refractivity contribution in [2.75, 3.05) is 20.8 Å². The molecular formula is C19H25NO3. The molecule has 1 unspecified atom stereocenters. The average Bonchev–Trinajstić information content (AvgIpc) is 2.60. The Bertz CT molecular complexity index is 614. The topological polar surface area (TPSA) is 50.7 Å². The first-order valence-electron chi connectivity index (χ1n) is 7.84. The van der Waals surface area contributed by atoms with E-state index in [1.54, 1.807) is 14.2 Å². The van der Waals surface area contributed by atoms with Gasteiger partial charge in [0.1, 0.15) is 0 Å². The summed E-state index contributed by atoms with van der Waals surface area (Å²) in [5, 5.41) is 12.5. The Labute approximate surface area is 138 Å². The second-order valence-corrected chi connectivity index (χ2v) is 5.52. The third kappa shape index (κ3) is 4.47. The minimum absolute atomic E-state index is 0.186. The van der Waals surface area contributed by atoms with Gasteiger partial charge in [-0.15, -0.1) is 0 Å². The van der Waals surface area contributed by atoms with Gasteiger partial charge in [-0.05, 0) is 42.2 Å². The molecule has 2 aromatic carbocycles. The molecule has 0 aliphatic rings. The maximum Gasteiger partial charge on any atom is 0.161 e. The number of aliphatic hydroxyl groups excluding tert-OH is 1. The van der Waals surface area contributed by atoms with Crippen molar-refractivity contribution < 1.29 is 14.6 Å². The van der Waals surface area contributed by atoms with Gasteiger partial charge in [0.15, 0.2) is 11.5 Å². The fourth-order valence-corrected chi connectivity index (χ4v) is 2.53. The zero-order valence-electron chi connectivity index (χ0n) is 14.0. The molecule has 0 radical (unpaired) electrons. The van der Waals surface area contributed by atoms with Gasteiger partial charge in [0, 0.05) is 19.2 Å². The molecule has 2 N–H and O–H groups in total. The predicted molar refractivity (Wildman–Crippen MR) is 93.0 cm³/mol. The van der Waals surface area contributed by atoms with E-state index < -0.39 is 0 Å². The summed E-state index contributed by atoms with van der Waals surface area (Å²) in [4.78, 5) is 0. The standard InChI is InChI=1S/C19H25NO3/c1-14(9-10-21)20-13-16-11-18(22-2)19(23-3)12-17(16)15-7-5-4-6-8-15/h4-8,11-12,14,20-21H,9-10,13H2,1-3H3. The lowest BCUT2D eigenvalue weighted by molar-refractivity contribution is 0.268. The van der Waals surface area contributed by atoms with Crippen LogP contribution in [0.5, 0.6) is 11.5 Å². The van der Waals surface area contributed by atoms with E-state index in [0.29, 0.717) is 6.54 Å². The van der Waals surface area contributed by atoms with Crippen LogP contribution in [0.3, 0.4) is 0 Å². The van der Waals surface area contributed by atoms with E-state index >= 15 is 0 Å². The van der Waals surface area contributed by atoms with E-state index in [9.17, 15) is 0 Å². The van der Waals surface area contributed by atoms with Crippen molar-refractivity contribution in [3.05, 3.63) is 48.0 Å². The second-order valence-electron chi connectivity index (χ2n) is 5.52. The molecule has 2 rings (SSSR count). The first-order chi connectivity index (χ1) is 11.2. The molecule has 0 spiro atoms. The van der Waals surface area contributed by atoms with Crippen molar-refractivity contribution in [3.8, 4) is 22.6 Å². The fraction of sp³-hybridized carbons (Fsp3) is 0.368. The predicted octanol–water partition coefficient (Wildman–Crippen LogP) is 3.23. The summed E-state index contributed by atoms with van der Waals surface area (Å²) < 4.78 is 10.9. The Balaban J connectivity index is 2.37. The van der Waals surface area contributed by atoms with Gasteiger partial charge >= 0.3 is 0 Å². The molecule has 1 atom stereocenters. The summed E-state index contributed by atoms with van der Waals surface area (Å²) in [5.41, 5.74) is 3.39. The van der Waals surface area contributed by atoms with Crippen LogP contribution in [0.25, 0.3) is 11.1 Å². The lowest BCUT2D eigenvalue weighted by Gasteiger charge is -2.18. The lowest BCUT2D eigenvalue weighted by atomic mass is 9.98. The molecular weight excluding hydrogens is 290 g/mol. The Morgan fingerprint density at radius 1 is 1.04 bits per heavy atom. The largest absolute Gasteiger partial charge is 0.493 e. The number of ether oxygens (including phenoxy) is 2. The van der Waals surface area contributed by atoms with Crippen molar-refractivity contribution in [2.45, 2.75) is 25.9 Å². The van der Waals surface area contributed by atoms with Gasteiger partial charge in [-0.2, -0.15) is 0 Å². The molecule has 2 aromatic rings. The number of methoxy groups -OCH3 is 2. The van der Waals surface area contributed by atoms with E-state index in [2.05, 4.69) is 24.4 Å². The first-order valence-corrected chi connectivity index (χ1v) is 7.84. The van der Waals surface area contributed by atoms with Crippen molar-refractivity contribution >= 4 is 0 Å². The number of rotatable bonds is 8. The van der Waals surface area contributed by atoms with Gasteiger partial charge in [-0.1, -0.05) is 30.3 Å². The summed E-state index contributed by atoms with van der Waals surface area (Å²) >= 11 is 0. The summed E-state index contributed by atoms with van der Waals surface area (Å²) in [6.07, 6.45) is 0.730. The van der Waals surface area contributed by atoms with Gasteiger partial charge in [0.05, 0.1) is 14.2 Å². The number of nitrogens with one attached hydrogen (secondary N) is 1. The molecule has 4 heteroatoms. The smallest absolute Gasteiger partial charge is 0.161 e. The molecule has 0 fully saturated rings.